The maximum atomic E-state index is 11.5. The first-order chi connectivity index (χ1) is 7.74. The van der Waals surface area contributed by atoms with E-state index in [2.05, 4.69) is 0 Å². The molecule has 0 aromatic carbocycles. The molecule has 1 heterocycles. The van der Waals surface area contributed by atoms with Crippen LogP contribution in [0.5, 0.6) is 0 Å². The summed E-state index contributed by atoms with van der Waals surface area (Å²) in [5, 5.41) is 0. The Kier molecular flexibility index (Phi) is 4.85. The summed E-state index contributed by atoms with van der Waals surface area (Å²) in [4.78, 5) is 11.5. The van der Waals surface area contributed by atoms with Crippen molar-refractivity contribution in [2.24, 2.45) is 0 Å². The third kappa shape index (κ3) is 2.76. The van der Waals surface area contributed by atoms with E-state index in [1.165, 1.54) is 0 Å². The van der Waals surface area contributed by atoms with E-state index in [0.717, 1.165) is 0 Å². The van der Waals surface area contributed by atoms with Crippen molar-refractivity contribution < 1.29 is 23.7 Å². The summed E-state index contributed by atoms with van der Waals surface area (Å²) in [6.07, 6.45) is 1.63. The standard InChI is InChI=1S/C11H16O5/c1-4-14-9-8(6-7-13-3)16-11(12)10(9)15-5-2/h6H,4-5,7H2,1-3H3/b8-6-. The number of carbonyl (C=O) groups excluding carboxylic acids is 1. The van der Waals surface area contributed by atoms with Crippen LogP contribution >= 0.6 is 0 Å². The number of carbonyl (C=O) groups is 1. The van der Waals surface area contributed by atoms with Gasteiger partial charge >= 0.3 is 5.97 Å². The molecule has 0 N–H and O–H groups in total. The molecule has 0 atom stereocenters. The van der Waals surface area contributed by atoms with Crippen LogP contribution in [0.2, 0.25) is 0 Å². The van der Waals surface area contributed by atoms with Crippen molar-refractivity contribution in [1.82, 2.24) is 0 Å². The van der Waals surface area contributed by atoms with Crippen LogP contribution in [-0.4, -0.2) is 32.9 Å². The molecular formula is C11H16O5. The Morgan fingerprint density at radius 2 is 1.81 bits per heavy atom. The molecule has 0 unspecified atom stereocenters. The van der Waals surface area contributed by atoms with Gasteiger partial charge in [-0.3, -0.25) is 0 Å². The van der Waals surface area contributed by atoms with Crippen LogP contribution in [0, 0.1) is 0 Å². The highest BCUT2D eigenvalue weighted by atomic mass is 16.6. The van der Waals surface area contributed by atoms with E-state index in [9.17, 15) is 4.79 Å². The number of ether oxygens (including phenoxy) is 4. The summed E-state index contributed by atoms with van der Waals surface area (Å²) in [6.45, 7) is 4.79. The van der Waals surface area contributed by atoms with Crippen molar-refractivity contribution in [3.8, 4) is 0 Å². The molecule has 0 aromatic heterocycles. The van der Waals surface area contributed by atoms with Crippen LogP contribution in [0.4, 0.5) is 0 Å². The van der Waals surface area contributed by atoms with Gasteiger partial charge in [-0.2, -0.15) is 0 Å². The van der Waals surface area contributed by atoms with Gasteiger partial charge in [-0.15, -0.1) is 0 Å². The van der Waals surface area contributed by atoms with Crippen molar-refractivity contribution in [3.05, 3.63) is 23.4 Å². The third-order valence-corrected chi connectivity index (χ3v) is 1.83. The Morgan fingerprint density at radius 3 is 2.38 bits per heavy atom. The highest BCUT2D eigenvalue weighted by molar-refractivity contribution is 5.91. The zero-order valence-corrected chi connectivity index (χ0v) is 9.74. The van der Waals surface area contributed by atoms with Crippen molar-refractivity contribution in [3.63, 3.8) is 0 Å². The Labute approximate surface area is 94.6 Å². The lowest BCUT2D eigenvalue weighted by atomic mass is 10.3. The van der Waals surface area contributed by atoms with Gasteiger partial charge in [0, 0.05) is 7.11 Å². The Morgan fingerprint density at radius 1 is 1.19 bits per heavy atom. The SMILES string of the molecule is CCOC1=C(OCC)/C(=C/COC)OC1=O. The minimum Gasteiger partial charge on any atom is -0.487 e. The second-order valence-corrected chi connectivity index (χ2v) is 2.94. The number of hydrogen-bond donors (Lipinski definition) is 0. The average molecular weight is 228 g/mol. The Balaban J connectivity index is 2.92. The van der Waals surface area contributed by atoms with Crippen LogP contribution in [-0.2, 0) is 23.7 Å². The molecule has 1 aliphatic heterocycles. The third-order valence-electron chi connectivity index (χ3n) is 1.83. The Hall–Kier alpha value is -1.49. The van der Waals surface area contributed by atoms with Gasteiger partial charge in [-0.25, -0.2) is 4.79 Å². The van der Waals surface area contributed by atoms with Gasteiger partial charge in [0.25, 0.3) is 5.76 Å². The molecule has 5 heteroatoms. The van der Waals surface area contributed by atoms with Gasteiger partial charge in [0.2, 0.25) is 5.76 Å². The number of methoxy groups -OCH3 is 1. The van der Waals surface area contributed by atoms with Crippen LogP contribution in [0.1, 0.15) is 13.8 Å². The molecule has 1 aliphatic rings. The normalized spacial score (nSPS) is 17.9. The lowest BCUT2D eigenvalue weighted by Gasteiger charge is -2.05. The van der Waals surface area contributed by atoms with E-state index in [0.29, 0.717) is 31.3 Å². The first kappa shape index (κ1) is 12.6. The molecule has 0 saturated heterocycles. The molecule has 5 nitrogen and oxygen atoms in total. The lowest BCUT2D eigenvalue weighted by molar-refractivity contribution is -0.136. The number of hydrogen-bond acceptors (Lipinski definition) is 5. The van der Waals surface area contributed by atoms with Gasteiger partial charge in [-0.05, 0) is 19.9 Å². The molecular weight excluding hydrogens is 212 g/mol. The molecule has 0 fully saturated rings. The number of rotatable bonds is 6. The highest BCUT2D eigenvalue weighted by Crippen LogP contribution is 2.27. The van der Waals surface area contributed by atoms with Gasteiger partial charge in [0.05, 0.1) is 19.8 Å². The first-order valence-electron chi connectivity index (χ1n) is 5.16. The summed E-state index contributed by atoms with van der Waals surface area (Å²) in [5.41, 5.74) is 0. The maximum Gasteiger partial charge on any atom is 0.383 e. The second-order valence-electron chi connectivity index (χ2n) is 2.94. The van der Waals surface area contributed by atoms with E-state index in [1.807, 2.05) is 6.92 Å². The van der Waals surface area contributed by atoms with Crippen LogP contribution < -0.4 is 0 Å². The minimum absolute atomic E-state index is 0.131. The molecule has 16 heavy (non-hydrogen) atoms. The highest BCUT2D eigenvalue weighted by Gasteiger charge is 2.33. The predicted molar refractivity (Wildman–Crippen MR) is 56.3 cm³/mol. The average Bonchev–Trinajstić information content (AvgIpc) is 2.55. The smallest absolute Gasteiger partial charge is 0.383 e. The monoisotopic (exact) mass is 228 g/mol. The van der Waals surface area contributed by atoms with Gasteiger partial charge in [0.1, 0.15) is 0 Å². The quantitative estimate of drug-likeness (QED) is 0.642. The topological polar surface area (TPSA) is 54.0 Å². The molecule has 0 radical (unpaired) electrons. The number of esters is 1. The number of cyclic esters (lactones) is 1. The summed E-state index contributed by atoms with van der Waals surface area (Å²) < 4.78 is 20.4. The zero-order chi connectivity index (χ0) is 12.0. The summed E-state index contributed by atoms with van der Waals surface area (Å²) in [7, 11) is 1.56. The van der Waals surface area contributed by atoms with Gasteiger partial charge in [-0.1, -0.05) is 0 Å². The van der Waals surface area contributed by atoms with Crippen LogP contribution in [0.15, 0.2) is 23.4 Å². The molecule has 0 amide bonds. The molecule has 0 aromatic rings. The molecule has 1 rings (SSSR count). The van der Waals surface area contributed by atoms with E-state index in [4.69, 9.17) is 18.9 Å². The van der Waals surface area contributed by atoms with Crippen LogP contribution in [0.3, 0.4) is 0 Å². The van der Waals surface area contributed by atoms with Crippen molar-refractivity contribution in [1.29, 1.82) is 0 Å². The first-order valence-corrected chi connectivity index (χ1v) is 5.16. The summed E-state index contributed by atoms with van der Waals surface area (Å²) in [6, 6.07) is 0. The minimum atomic E-state index is -0.521. The second kappa shape index (κ2) is 6.17. The fourth-order valence-corrected chi connectivity index (χ4v) is 1.24. The van der Waals surface area contributed by atoms with Crippen molar-refractivity contribution in [2.45, 2.75) is 13.8 Å². The van der Waals surface area contributed by atoms with E-state index in [-0.39, 0.29) is 5.76 Å². The van der Waals surface area contributed by atoms with Crippen molar-refractivity contribution in [2.75, 3.05) is 26.9 Å². The Bertz CT molecular complexity index is 316. The zero-order valence-electron chi connectivity index (χ0n) is 9.74. The van der Waals surface area contributed by atoms with Gasteiger partial charge in [0.15, 0.2) is 5.76 Å². The summed E-state index contributed by atoms with van der Waals surface area (Å²) in [5.74, 6) is 0.322. The molecule has 0 spiro atoms. The predicted octanol–water partition coefficient (Wildman–Crippen LogP) is 1.36. The maximum absolute atomic E-state index is 11.5. The molecule has 0 aliphatic carbocycles. The molecule has 90 valence electrons. The van der Waals surface area contributed by atoms with E-state index < -0.39 is 5.97 Å². The largest absolute Gasteiger partial charge is 0.487 e. The molecule has 0 bridgehead atoms. The lowest BCUT2D eigenvalue weighted by Crippen LogP contribution is -2.03. The van der Waals surface area contributed by atoms with Crippen LogP contribution in [0.25, 0.3) is 0 Å². The van der Waals surface area contributed by atoms with E-state index in [1.54, 1.807) is 20.1 Å². The van der Waals surface area contributed by atoms with Crippen molar-refractivity contribution >= 4 is 5.97 Å². The fourth-order valence-electron chi connectivity index (χ4n) is 1.24. The molecule has 0 saturated carbocycles. The van der Waals surface area contributed by atoms with E-state index >= 15 is 0 Å². The summed E-state index contributed by atoms with van der Waals surface area (Å²) >= 11 is 0. The fraction of sp³-hybridized carbons (Fsp3) is 0.545. The van der Waals surface area contributed by atoms with Gasteiger partial charge < -0.3 is 18.9 Å².